The van der Waals surface area contributed by atoms with Crippen molar-refractivity contribution in [3.05, 3.63) is 24.3 Å². The van der Waals surface area contributed by atoms with E-state index in [1.54, 1.807) is 12.2 Å². The summed E-state index contributed by atoms with van der Waals surface area (Å²) >= 11 is 0. The molecule has 3 nitrogen and oxygen atoms in total. The Morgan fingerprint density at radius 2 is 2.15 bits per heavy atom. The third-order valence-electron chi connectivity index (χ3n) is 1.33. The van der Waals surface area contributed by atoms with Gasteiger partial charge in [-0.05, 0) is 19.8 Å². The monoisotopic (exact) mass is 184 g/mol. The molecule has 0 radical (unpaired) electrons. The van der Waals surface area contributed by atoms with Crippen LogP contribution in [0.5, 0.6) is 0 Å². The van der Waals surface area contributed by atoms with E-state index in [1.165, 1.54) is 6.08 Å². The van der Waals surface area contributed by atoms with Crippen LogP contribution in [0.3, 0.4) is 0 Å². The van der Waals surface area contributed by atoms with Gasteiger partial charge in [-0.1, -0.05) is 18.2 Å². The van der Waals surface area contributed by atoms with Crippen molar-refractivity contribution in [3.8, 4) is 0 Å². The fraction of sp³-hybridized carbons (Fsp3) is 0.500. The molecule has 13 heavy (non-hydrogen) atoms. The first-order valence-corrected chi connectivity index (χ1v) is 4.38. The van der Waals surface area contributed by atoms with E-state index in [4.69, 9.17) is 9.84 Å². The number of rotatable bonds is 6. The molecule has 0 spiro atoms. The molecule has 0 saturated carbocycles. The zero-order chi connectivity index (χ0) is 9.94. The van der Waals surface area contributed by atoms with Crippen molar-refractivity contribution in [2.75, 3.05) is 13.2 Å². The van der Waals surface area contributed by atoms with Crippen molar-refractivity contribution in [2.45, 2.75) is 19.8 Å². The zero-order valence-electron chi connectivity index (χ0n) is 7.90. The van der Waals surface area contributed by atoms with Gasteiger partial charge in [0.25, 0.3) is 0 Å². The molecule has 0 aromatic heterocycles. The van der Waals surface area contributed by atoms with Crippen molar-refractivity contribution < 1.29 is 14.6 Å². The van der Waals surface area contributed by atoms with Gasteiger partial charge in [0, 0.05) is 12.7 Å². The minimum atomic E-state index is -0.337. The number of unbranched alkanes of at least 4 members (excludes halogenated alkanes) is 1. The number of carbonyl (C=O) groups is 1. The minimum Gasteiger partial charge on any atom is -0.463 e. The van der Waals surface area contributed by atoms with E-state index in [2.05, 4.69) is 0 Å². The van der Waals surface area contributed by atoms with Gasteiger partial charge >= 0.3 is 5.97 Å². The van der Waals surface area contributed by atoms with Crippen molar-refractivity contribution >= 4 is 5.97 Å². The number of aliphatic hydroxyl groups is 1. The Labute approximate surface area is 78.7 Å². The lowest BCUT2D eigenvalue weighted by molar-refractivity contribution is -0.137. The summed E-state index contributed by atoms with van der Waals surface area (Å²) in [6.45, 7) is 2.39. The lowest BCUT2D eigenvalue weighted by Crippen LogP contribution is -2.02. The maximum absolute atomic E-state index is 10.9. The number of aliphatic hydroxyl groups excluding tert-OH is 1. The van der Waals surface area contributed by atoms with E-state index in [-0.39, 0.29) is 12.6 Å². The topological polar surface area (TPSA) is 46.5 Å². The number of carbonyl (C=O) groups excluding carboxylic acids is 1. The molecule has 0 fully saturated rings. The molecule has 0 atom stereocenters. The van der Waals surface area contributed by atoms with Crippen molar-refractivity contribution in [3.63, 3.8) is 0 Å². The van der Waals surface area contributed by atoms with Gasteiger partial charge in [-0.2, -0.15) is 0 Å². The number of allylic oxidation sites excluding steroid dienone is 3. The fourth-order valence-electron chi connectivity index (χ4n) is 0.680. The highest BCUT2D eigenvalue weighted by Crippen LogP contribution is 1.90. The van der Waals surface area contributed by atoms with Gasteiger partial charge in [0.1, 0.15) is 0 Å². The van der Waals surface area contributed by atoms with E-state index >= 15 is 0 Å². The molecule has 0 aliphatic rings. The van der Waals surface area contributed by atoms with Crippen molar-refractivity contribution in [1.29, 1.82) is 0 Å². The first-order chi connectivity index (χ1) is 6.31. The lowest BCUT2D eigenvalue weighted by atomic mass is 10.3. The predicted octanol–water partition coefficient (Wildman–Crippen LogP) is 1.43. The Morgan fingerprint density at radius 3 is 2.77 bits per heavy atom. The fourth-order valence-corrected chi connectivity index (χ4v) is 0.680. The summed E-state index contributed by atoms with van der Waals surface area (Å²) in [7, 11) is 0. The molecule has 0 heterocycles. The second-order valence-corrected chi connectivity index (χ2v) is 2.48. The quantitative estimate of drug-likeness (QED) is 0.294. The summed E-state index contributed by atoms with van der Waals surface area (Å²) in [5.41, 5.74) is 0. The third-order valence-corrected chi connectivity index (χ3v) is 1.33. The van der Waals surface area contributed by atoms with Crippen LogP contribution in [-0.4, -0.2) is 24.3 Å². The number of hydrogen-bond donors (Lipinski definition) is 1. The molecule has 1 N–H and O–H groups in total. The van der Waals surface area contributed by atoms with E-state index in [0.29, 0.717) is 19.4 Å². The average molecular weight is 184 g/mol. The van der Waals surface area contributed by atoms with E-state index in [1.807, 2.05) is 13.0 Å². The summed E-state index contributed by atoms with van der Waals surface area (Å²) in [4.78, 5) is 10.9. The summed E-state index contributed by atoms with van der Waals surface area (Å²) in [5.74, 6) is -0.337. The SMILES string of the molecule is C/C=C/C=C/C(=O)OCCCCO. The van der Waals surface area contributed by atoms with Crippen LogP contribution < -0.4 is 0 Å². The van der Waals surface area contributed by atoms with E-state index in [9.17, 15) is 4.79 Å². The normalized spacial score (nSPS) is 11.2. The molecule has 0 bridgehead atoms. The molecule has 0 rings (SSSR count). The van der Waals surface area contributed by atoms with Crippen LogP contribution in [0.15, 0.2) is 24.3 Å². The van der Waals surface area contributed by atoms with Crippen LogP contribution in [0, 0.1) is 0 Å². The maximum atomic E-state index is 10.9. The molecular formula is C10H16O3. The van der Waals surface area contributed by atoms with Crippen LogP contribution in [0.2, 0.25) is 0 Å². The highest BCUT2D eigenvalue weighted by atomic mass is 16.5. The van der Waals surface area contributed by atoms with Crippen LogP contribution in [-0.2, 0) is 9.53 Å². The van der Waals surface area contributed by atoms with Gasteiger partial charge in [0.15, 0.2) is 0 Å². The van der Waals surface area contributed by atoms with Crippen LogP contribution in [0.1, 0.15) is 19.8 Å². The van der Waals surface area contributed by atoms with E-state index < -0.39 is 0 Å². The van der Waals surface area contributed by atoms with Gasteiger partial charge in [-0.15, -0.1) is 0 Å². The molecule has 0 aliphatic carbocycles. The second kappa shape index (κ2) is 9.00. The first-order valence-electron chi connectivity index (χ1n) is 4.38. The minimum absolute atomic E-state index is 0.145. The average Bonchev–Trinajstić information content (AvgIpc) is 2.13. The molecule has 74 valence electrons. The van der Waals surface area contributed by atoms with Gasteiger partial charge in [0.05, 0.1) is 6.61 Å². The maximum Gasteiger partial charge on any atom is 0.330 e. The Morgan fingerprint density at radius 1 is 1.38 bits per heavy atom. The summed E-state index contributed by atoms with van der Waals surface area (Å²) in [6, 6.07) is 0. The molecule has 0 unspecified atom stereocenters. The Hall–Kier alpha value is -1.09. The summed E-state index contributed by atoms with van der Waals surface area (Å²) in [5, 5.41) is 8.44. The van der Waals surface area contributed by atoms with Gasteiger partial charge < -0.3 is 9.84 Å². The molecule has 0 amide bonds. The largest absolute Gasteiger partial charge is 0.463 e. The second-order valence-electron chi connectivity index (χ2n) is 2.48. The van der Waals surface area contributed by atoms with Gasteiger partial charge in [0.2, 0.25) is 0 Å². The number of ether oxygens (including phenoxy) is 1. The zero-order valence-corrected chi connectivity index (χ0v) is 7.90. The van der Waals surface area contributed by atoms with Gasteiger partial charge in [-0.3, -0.25) is 0 Å². The van der Waals surface area contributed by atoms with Crippen molar-refractivity contribution in [2.24, 2.45) is 0 Å². The highest BCUT2D eigenvalue weighted by Gasteiger charge is 1.94. The lowest BCUT2D eigenvalue weighted by Gasteiger charge is -1.99. The van der Waals surface area contributed by atoms with Crippen molar-refractivity contribution in [1.82, 2.24) is 0 Å². The predicted molar refractivity (Wildman–Crippen MR) is 51.2 cm³/mol. The summed E-state index contributed by atoms with van der Waals surface area (Å²) < 4.78 is 4.82. The summed E-state index contributed by atoms with van der Waals surface area (Å²) in [6.07, 6.45) is 7.98. The third kappa shape index (κ3) is 8.82. The number of hydrogen-bond acceptors (Lipinski definition) is 3. The Balaban J connectivity index is 3.40. The smallest absolute Gasteiger partial charge is 0.330 e. The molecule has 0 aromatic carbocycles. The van der Waals surface area contributed by atoms with Crippen LogP contribution >= 0.6 is 0 Å². The van der Waals surface area contributed by atoms with E-state index in [0.717, 1.165) is 0 Å². The highest BCUT2D eigenvalue weighted by molar-refractivity contribution is 5.82. The van der Waals surface area contributed by atoms with Crippen LogP contribution in [0.4, 0.5) is 0 Å². The van der Waals surface area contributed by atoms with Gasteiger partial charge in [-0.25, -0.2) is 4.79 Å². The molecule has 0 aromatic rings. The molecule has 0 aliphatic heterocycles. The standard InChI is InChI=1S/C10H16O3/c1-2-3-4-7-10(12)13-9-6-5-8-11/h2-4,7,11H,5-6,8-9H2,1H3/b3-2+,7-4+. The first kappa shape index (κ1) is 11.9. The van der Waals surface area contributed by atoms with Crippen LogP contribution in [0.25, 0.3) is 0 Å². The Kier molecular flexibility index (Phi) is 8.25. The molecular weight excluding hydrogens is 168 g/mol. The number of esters is 1. The molecule has 3 heteroatoms. The molecule has 0 saturated heterocycles. The Bertz CT molecular complexity index is 183.